The summed E-state index contributed by atoms with van der Waals surface area (Å²) in [5, 5.41) is 0. The number of nitrogens with two attached hydrogens (primary N) is 1. The number of carbonyl (C=O) groups excluding carboxylic acids is 1. The van der Waals surface area contributed by atoms with Crippen molar-refractivity contribution in [1.82, 2.24) is 4.90 Å². The Kier molecular flexibility index (Phi) is 4.17. The molecular formula is C14H20N2OS. The van der Waals surface area contributed by atoms with Crippen LogP contribution in [0.3, 0.4) is 0 Å². The van der Waals surface area contributed by atoms with Crippen LogP contribution in [0.5, 0.6) is 0 Å². The van der Waals surface area contributed by atoms with E-state index in [0.717, 1.165) is 35.5 Å². The Morgan fingerprint density at radius 1 is 1.50 bits per heavy atom. The van der Waals surface area contributed by atoms with Gasteiger partial charge in [-0.05, 0) is 44.4 Å². The van der Waals surface area contributed by atoms with Gasteiger partial charge in [0.25, 0.3) is 0 Å². The van der Waals surface area contributed by atoms with Crippen LogP contribution in [-0.4, -0.2) is 29.1 Å². The molecule has 1 saturated carbocycles. The molecule has 0 spiro atoms. The second-order valence-electron chi connectivity index (χ2n) is 4.74. The van der Waals surface area contributed by atoms with E-state index in [4.69, 9.17) is 5.73 Å². The second kappa shape index (κ2) is 5.65. The zero-order chi connectivity index (χ0) is 13.1. The predicted octanol–water partition coefficient (Wildman–Crippen LogP) is 2.68. The van der Waals surface area contributed by atoms with Gasteiger partial charge in [-0.25, -0.2) is 0 Å². The summed E-state index contributed by atoms with van der Waals surface area (Å²) in [4.78, 5) is 15.1. The van der Waals surface area contributed by atoms with Crippen LogP contribution in [0.25, 0.3) is 0 Å². The molecule has 1 aliphatic rings. The Balaban J connectivity index is 1.92. The van der Waals surface area contributed by atoms with Gasteiger partial charge < -0.3 is 10.6 Å². The number of rotatable bonds is 5. The molecule has 0 aliphatic heterocycles. The Morgan fingerprint density at radius 3 is 2.78 bits per heavy atom. The molecule has 0 radical (unpaired) electrons. The van der Waals surface area contributed by atoms with Crippen molar-refractivity contribution in [3.05, 3.63) is 23.8 Å². The first-order chi connectivity index (χ1) is 8.61. The zero-order valence-electron chi connectivity index (χ0n) is 11.0. The summed E-state index contributed by atoms with van der Waals surface area (Å²) in [6.45, 7) is 4.87. The molecule has 0 heterocycles. The molecular weight excluding hydrogens is 244 g/mol. The van der Waals surface area contributed by atoms with Gasteiger partial charge in [0.15, 0.2) is 0 Å². The Hall–Kier alpha value is -1.16. The maximum absolute atomic E-state index is 12.1. The van der Waals surface area contributed by atoms with Crippen molar-refractivity contribution in [2.75, 3.05) is 18.0 Å². The van der Waals surface area contributed by atoms with Crippen molar-refractivity contribution in [2.45, 2.75) is 37.6 Å². The van der Waals surface area contributed by atoms with E-state index in [-0.39, 0.29) is 5.91 Å². The van der Waals surface area contributed by atoms with Crippen LogP contribution in [0.2, 0.25) is 0 Å². The van der Waals surface area contributed by atoms with Crippen molar-refractivity contribution < 1.29 is 4.79 Å². The van der Waals surface area contributed by atoms with Crippen LogP contribution in [0.15, 0.2) is 23.1 Å². The topological polar surface area (TPSA) is 46.3 Å². The average molecular weight is 264 g/mol. The highest BCUT2D eigenvalue weighted by atomic mass is 32.2. The first-order valence-corrected chi connectivity index (χ1v) is 7.38. The van der Waals surface area contributed by atoms with Gasteiger partial charge in [0.05, 0.1) is 5.75 Å². The molecule has 98 valence electrons. The lowest BCUT2D eigenvalue weighted by Crippen LogP contribution is -2.34. The number of anilines is 1. The van der Waals surface area contributed by atoms with Crippen LogP contribution >= 0.6 is 11.8 Å². The summed E-state index contributed by atoms with van der Waals surface area (Å²) in [5.74, 6) is 0.711. The molecule has 1 aromatic rings. The standard InChI is InChI=1S/C14H20N2OS/c1-3-16(11-5-6-11)14(17)9-18-13-7-4-10(2)8-12(13)15/h4,7-8,11H,3,5-6,9,15H2,1-2H3. The van der Waals surface area contributed by atoms with E-state index < -0.39 is 0 Å². The fraction of sp³-hybridized carbons (Fsp3) is 0.500. The Bertz CT molecular complexity index is 443. The number of carbonyl (C=O) groups is 1. The lowest BCUT2D eigenvalue weighted by Gasteiger charge is -2.20. The molecule has 0 bridgehead atoms. The number of hydrogen-bond acceptors (Lipinski definition) is 3. The average Bonchev–Trinajstić information content (AvgIpc) is 3.13. The van der Waals surface area contributed by atoms with Crippen molar-refractivity contribution >= 4 is 23.4 Å². The van der Waals surface area contributed by atoms with Gasteiger partial charge in [0.2, 0.25) is 5.91 Å². The van der Waals surface area contributed by atoms with Crippen LogP contribution in [0, 0.1) is 6.92 Å². The summed E-state index contributed by atoms with van der Waals surface area (Å²) < 4.78 is 0. The first kappa shape index (κ1) is 13.3. The van der Waals surface area contributed by atoms with Gasteiger partial charge in [-0.2, -0.15) is 0 Å². The number of benzene rings is 1. The second-order valence-corrected chi connectivity index (χ2v) is 5.76. The molecule has 4 heteroatoms. The number of nitrogen functional groups attached to an aromatic ring is 1. The molecule has 0 aromatic heterocycles. The third kappa shape index (κ3) is 3.19. The molecule has 0 unspecified atom stereocenters. The van der Waals surface area contributed by atoms with Crippen LogP contribution in [0.4, 0.5) is 5.69 Å². The fourth-order valence-electron chi connectivity index (χ4n) is 2.05. The van der Waals surface area contributed by atoms with E-state index in [2.05, 4.69) is 0 Å². The van der Waals surface area contributed by atoms with Gasteiger partial charge in [0, 0.05) is 23.2 Å². The van der Waals surface area contributed by atoms with Gasteiger partial charge in [-0.15, -0.1) is 11.8 Å². The molecule has 0 atom stereocenters. The van der Waals surface area contributed by atoms with E-state index >= 15 is 0 Å². The fourth-order valence-corrected chi connectivity index (χ4v) is 2.88. The first-order valence-electron chi connectivity index (χ1n) is 6.40. The van der Waals surface area contributed by atoms with Crippen LogP contribution < -0.4 is 5.73 Å². The highest BCUT2D eigenvalue weighted by Crippen LogP contribution is 2.29. The number of thioether (sulfide) groups is 1. The van der Waals surface area contributed by atoms with E-state index in [0.29, 0.717) is 11.8 Å². The van der Waals surface area contributed by atoms with Gasteiger partial charge in [0.1, 0.15) is 0 Å². The lowest BCUT2D eigenvalue weighted by molar-refractivity contribution is -0.128. The number of amides is 1. The lowest BCUT2D eigenvalue weighted by atomic mass is 10.2. The van der Waals surface area contributed by atoms with Crippen molar-refractivity contribution in [3.8, 4) is 0 Å². The molecule has 0 saturated heterocycles. The Morgan fingerprint density at radius 2 is 2.22 bits per heavy atom. The molecule has 1 aliphatic carbocycles. The van der Waals surface area contributed by atoms with Gasteiger partial charge in [-0.3, -0.25) is 4.79 Å². The molecule has 2 N–H and O–H groups in total. The number of hydrogen-bond donors (Lipinski definition) is 1. The summed E-state index contributed by atoms with van der Waals surface area (Å²) in [7, 11) is 0. The van der Waals surface area contributed by atoms with Crippen LogP contribution in [-0.2, 0) is 4.79 Å². The third-order valence-corrected chi connectivity index (χ3v) is 4.24. The summed E-state index contributed by atoms with van der Waals surface area (Å²) in [6, 6.07) is 6.47. The Labute approximate surface area is 113 Å². The normalized spacial score (nSPS) is 14.6. The minimum absolute atomic E-state index is 0.227. The molecule has 1 aromatic carbocycles. The van der Waals surface area contributed by atoms with Crippen molar-refractivity contribution in [2.24, 2.45) is 0 Å². The van der Waals surface area contributed by atoms with E-state index in [1.54, 1.807) is 0 Å². The van der Waals surface area contributed by atoms with Crippen molar-refractivity contribution in [3.63, 3.8) is 0 Å². The van der Waals surface area contributed by atoms with Gasteiger partial charge in [-0.1, -0.05) is 6.07 Å². The van der Waals surface area contributed by atoms with Gasteiger partial charge >= 0.3 is 0 Å². The molecule has 1 amide bonds. The summed E-state index contributed by atoms with van der Waals surface area (Å²) in [5.41, 5.74) is 7.86. The molecule has 18 heavy (non-hydrogen) atoms. The molecule has 2 rings (SSSR count). The predicted molar refractivity (Wildman–Crippen MR) is 76.7 cm³/mol. The number of aryl methyl sites for hydroxylation is 1. The minimum atomic E-state index is 0.227. The maximum atomic E-state index is 12.1. The van der Waals surface area contributed by atoms with E-state index in [9.17, 15) is 4.79 Å². The highest BCUT2D eigenvalue weighted by molar-refractivity contribution is 8.00. The SMILES string of the molecule is CCN(C(=O)CSc1ccc(C)cc1N)C1CC1. The maximum Gasteiger partial charge on any atom is 0.233 e. The largest absolute Gasteiger partial charge is 0.398 e. The summed E-state index contributed by atoms with van der Waals surface area (Å²) in [6.07, 6.45) is 2.33. The van der Waals surface area contributed by atoms with Crippen LogP contribution in [0.1, 0.15) is 25.3 Å². The van der Waals surface area contributed by atoms with E-state index in [1.807, 2.05) is 36.9 Å². The smallest absolute Gasteiger partial charge is 0.233 e. The highest BCUT2D eigenvalue weighted by Gasteiger charge is 2.31. The quantitative estimate of drug-likeness (QED) is 0.657. The zero-order valence-corrected chi connectivity index (χ0v) is 11.8. The molecule has 3 nitrogen and oxygen atoms in total. The summed E-state index contributed by atoms with van der Waals surface area (Å²) >= 11 is 1.54. The number of nitrogens with zero attached hydrogens (tertiary/aromatic N) is 1. The van der Waals surface area contributed by atoms with Crippen molar-refractivity contribution in [1.29, 1.82) is 0 Å². The minimum Gasteiger partial charge on any atom is -0.398 e. The monoisotopic (exact) mass is 264 g/mol. The third-order valence-electron chi connectivity index (χ3n) is 3.17. The molecule has 1 fully saturated rings. The van der Waals surface area contributed by atoms with E-state index in [1.165, 1.54) is 11.8 Å².